The Morgan fingerprint density at radius 2 is 1.95 bits per heavy atom. The molecule has 1 aliphatic heterocycles. The van der Waals surface area contributed by atoms with Crippen LogP contribution >= 0.6 is 0 Å². The Hall–Kier alpha value is -2.10. The first-order chi connectivity index (χ1) is 9.11. The molecule has 0 spiro atoms. The van der Waals surface area contributed by atoms with Gasteiger partial charge in [-0.05, 0) is 18.9 Å². The van der Waals surface area contributed by atoms with Crippen LogP contribution < -0.4 is 0 Å². The minimum atomic E-state index is -0.820. The van der Waals surface area contributed by atoms with E-state index >= 15 is 0 Å². The van der Waals surface area contributed by atoms with Crippen LogP contribution in [0.25, 0.3) is 5.70 Å². The van der Waals surface area contributed by atoms with Gasteiger partial charge >= 0.3 is 5.97 Å². The van der Waals surface area contributed by atoms with E-state index in [0.717, 1.165) is 18.4 Å². The molecule has 1 aromatic carbocycles. The maximum Gasteiger partial charge on any atom is 0.308 e. The topological polar surface area (TPSA) is 57.6 Å². The van der Waals surface area contributed by atoms with Gasteiger partial charge in [0, 0.05) is 16.8 Å². The Balaban J connectivity index is 1.98. The van der Waals surface area contributed by atoms with Gasteiger partial charge in [-0.25, -0.2) is 0 Å². The summed E-state index contributed by atoms with van der Waals surface area (Å²) >= 11 is 0. The average molecular weight is 257 g/mol. The molecule has 1 fully saturated rings. The number of fused-ring (bicyclic) bond motifs is 1. The predicted octanol–water partition coefficient (Wildman–Crippen LogP) is 2.37. The number of hydrogen-bond acceptors (Lipinski definition) is 2. The molecule has 3 rings (SSSR count). The fourth-order valence-corrected chi connectivity index (χ4v) is 3.19. The molecular weight excluding hydrogens is 242 g/mol. The molecule has 2 aliphatic rings. The van der Waals surface area contributed by atoms with Gasteiger partial charge in [0.25, 0.3) is 5.91 Å². The van der Waals surface area contributed by atoms with Crippen molar-refractivity contribution < 1.29 is 14.7 Å². The Bertz CT molecular complexity index is 544. The third kappa shape index (κ3) is 1.67. The van der Waals surface area contributed by atoms with E-state index in [1.165, 1.54) is 0 Å². The highest BCUT2D eigenvalue weighted by molar-refractivity contribution is 6.09. The molecule has 1 saturated carbocycles. The first-order valence-electron chi connectivity index (χ1n) is 6.46. The van der Waals surface area contributed by atoms with Gasteiger partial charge in [-0.1, -0.05) is 31.2 Å². The Morgan fingerprint density at radius 3 is 2.58 bits per heavy atom. The number of carboxylic acid groups (broad SMARTS) is 1. The van der Waals surface area contributed by atoms with E-state index in [4.69, 9.17) is 0 Å². The summed E-state index contributed by atoms with van der Waals surface area (Å²) in [6.45, 7) is 3.98. The van der Waals surface area contributed by atoms with E-state index in [2.05, 4.69) is 6.58 Å². The summed E-state index contributed by atoms with van der Waals surface area (Å²) in [4.78, 5) is 25.3. The fourth-order valence-electron chi connectivity index (χ4n) is 3.19. The molecule has 98 valence electrons. The van der Waals surface area contributed by atoms with Gasteiger partial charge in [0.2, 0.25) is 0 Å². The summed E-state index contributed by atoms with van der Waals surface area (Å²) in [5, 5.41) is 9.27. The SMILES string of the molecule is C=C1c2ccccc2C(=O)N1C1CCCC1C(=O)O. The van der Waals surface area contributed by atoms with Crippen LogP contribution in [0.1, 0.15) is 35.2 Å². The van der Waals surface area contributed by atoms with E-state index in [-0.39, 0.29) is 11.9 Å². The molecule has 2 atom stereocenters. The highest BCUT2D eigenvalue weighted by Crippen LogP contribution is 2.40. The first kappa shape index (κ1) is 12.0. The fraction of sp³-hybridized carbons (Fsp3) is 0.333. The van der Waals surface area contributed by atoms with Crippen LogP contribution in [0.15, 0.2) is 30.8 Å². The van der Waals surface area contributed by atoms with Gasteiger partial charge in [-0.2, -0.15) is 0 Å². The third-order valence-corrected chi connectivity index (χ3v) is 4.11. The maximum atomic E-state index is 12.4. The first-order valence-corrected chi connectivity index (χ1v) is 6.46. The molecule has 19 heavy (non-hydrogen) atoms. The second-order valence-electron chi connectivity index (χ2n) is 5.11. The van der Waals surface area contributed by atoms with Crippen molar-refractivity contribution in [3.8, 4) is 0 Å². The summed E-state index contributed by atoms with van der Waals surface area (Å²) in [6.07, 6.45) is 2.21. The number of rotatable bonds is 2. The highest BCUT2D eigenvalue weighted by atomic mass is 16.4. The van der Waals surface area contributed by atoms with Crippen molar-refractivity contribution in [2.75, 3.05) is 0 Å². The predicted molar refractivity (Wildman–Crippen MR) is 70.4 cm³/mol. The molecule has 0 aromatic heterocycles. The van der Waals surface area contributed by atoms with E-state index in [9.17, 15) is 14.7 Å². The molecule has 0 saturated heterocycles. The summed E-state index contributed by atoms with van der Waals surface area (Å²) in [5.41, 5.74) is 2.09. The van der Waals surface area contributed by atoms with E-state index in [0.29, 0.717) is 17.7 Å². The number of nitrogens with zero attached hydrogens (tertiary/aromatic N) is 1. The molecule has 4 nitrogen and oxygen atoms in total. The van der Waals surface area contributed by atoms with E-state index in [1.54, 1.807) is 11.0 Å². The van der Waals surface area contributed by atoms with Crippen LogP contribution in [0.3, 0.4) is 0 Å². The number of aliphatic carboxylic acids is 1. The van der Waals surface area contributed by atoms with Gasteiger partial charge in [-0.15, -0.1) is 0 Å². The zero-order chi connectivity index (χ0) is 13.6. The normalized spacial score (nSPS) is 25.8. The average Bonchev–Trinajstić information content (AvgIpc) is 2.95. The number of benzene rings is 1. The monoisotopic (exact) mass is 257 g/mol. The van der Waals surface area contributed by atoms with Crippen molar-refractivity contribution in [2.24, 2.45) is 5.92 Å². The van der Waals surface area contributed by atoms with Crippen molar-refractivity contribution >= 4 is 17.6 Å². The van der Waals surface area contributed by atoms with Crippen molar-refractivity contribution in [2.45, 2.75) is 25.3 Å². The molecular formula is C15H15NO3. The van der Waals surface area contributed by atoms with Gasteiger partial charge in [0.15, 0.2) is 0 Å². The lowest BCUT2D eigenvalue weighted by atomic mass is 10.0. The van der Waals surface area contributed by atoms with Crippen LogP contribution in [0.2, 0.25) is 0 Å². The number of carbonyl (C=O) groups is 2. The molecule has 2 unspecified atom stereocenters. The zero-order valence-electron chi connectivity index (χ0n) is 10.5. The molecule has 1 N–H and O–H groups in total. The largest absolute Gasteiger partial charge is 0.481 e. The molecule has 1 amide bonds. The van der Waals surface area contributed by atoms with Gasteiger partial charge in [0.05, 0.1) is 12.0 Å². The number of carboxylic acids is 1. The van der Waals surface area contributed by atoms with Gasteiger partial charge in [-0.3, -0.25) is 9.59 Å². The molecule has 0 radical (unpaired) electrons. The smallest absolute Gasteiger partial charge is 0.308 e. The second-order valence-corrected chi connectivity index (χ2v) is 5.11. The summed E-state index contributed by atoms with van der Waals surface area (Å²) in [6, 6.07) is 7.05. The van der Waals surface area contributed by atoms with Crippen LogP contribution in [0, 0.1) is 5.92 Å². The van der Waals surface area contributed by atoms with Crippen LogP contribution in [-0.2, 0) is 4.79 Å². The second kappa shape index (κ2) is 4.23. The summed E-state index contributed by atoms with van der Waals surface area (Å²) in [5.74, 6) is -1.41. The molecule has 1 heterocycles. The number of carbonyl (C=O) groups excluding carboxylic acids is 1. The van der Waals surface area contributed by atoms with Crippen LogP contribution in [0.4, 0.5) is 0 Å². The van der Waals surface area contributed by atoms with Gasteiger partial charge in [0.1, 0.15) is 0 Å². The van der Waals surface area contributed by atoms with Crippen LogP contribution in [0.5, 0.6) is 0 Å². The maximum absolute atomic E-state index is 12.4. The van der Waals surface area contributed by atoms with Crippen molar-refractivity contribution in [1.82, 2.24) is 4.90 Å². The molecule has 1 aromatic rings. The van der Waals surface area contributed by atoms with Crippen molar-refractivity contribution in [1.29, 1.82) is 0 Å². The Morgan fingerprint density at radius 1 is 1.26 bits per heavy atom. The lowest BCUT2D eigenvalue weighted by Crippen LogP contribution is -2.40. The van der Waals surface area contributed by atoms with E-state index < -0.39 is 11.9 Å². The quantitative estimate of drug-likeness (QED) is 0.884. The lowest BCUT2D eigenvalue weighted by molar-refractivity contribution is -0.142. The molecule has 1 aliphatic carbocycles. The number of amides is 1. The van der Waals surface area contributed by atoms with Crippen LogP contribution in [-0.4, -0.2) is 27.9 Å². The Labute approximate surface area is 111 Å². The highest BCUT2D eigenvalue weighted by Gasteiger charge is 2.43. The minimum Gasteiger partial charge on any atom is -0.481 e. The Kier molecular flexibility index (Phi) is 2.66. The minimum absolute atomic E-state index is 0.112. The summed E-state index contributed by atoms with van der Waals surface area (Å²) < 4.78 is 0. The van der Waals surface area contributed by atoms with Gasteiger partial charge < -0.3 is 10.0 Å². The molecule has 4 heteroatoms. The van der Waals surface area contributed by atoms with Crippen molar-refractivity contribution in [3.05, 3.63) is 42.0 Å². The van der Waals surface area contributed by atoms with E-state index in [1.807, 2.05) is 18.2 Å². The van der Waals surface area contributed by atoms with Crippen molar-refractivity contribution in [3.63, 3.8) is 0 Å². The summed E-state index contributed by atoms with van der Waals surface area (Å²) in [7, 11) is 0. The standard InChI is InChI=1S/C15H15NO3/c1-9-10-5-2-3-6-11(10)14(17)16(9)13-8-4-7-12(13)15(18)19/h2-3,5-6,12-13H,1,4,7-8H2,(H,18,19). The zero-order valence-corrected chi connectivity index (χ0v) is 10.5. The number of hydrogen-bond donors (Lipinski definition) is 1. The molecule has 0 bridgehead atoms. The third-order valence-electron chi connectivity index (χ3n) is 4.11. The lowest BCUT2D eigenvalue weighted by Gasteiger charge is -2.28.